The van der Waals surface area contributed by atoms with E-state index in [-0.39, 0.29) is 0 Å². The standard InChI is InChI=1S/C17H35N3/c1-4-15-9-7-8-11-17(15,14-18)20-12-10-16(13-20)19(5-2)6-3/h15-16H,4-14,18H2,1-3H3. The molecule has 1 aliphatic carbocycles. The Morgan fingerprint density at radius 1 is 1.15 bits per heavy atom. The number of nitrogens with zero attached hydrogens (tertiary/aromatic N) is 2. The zero-order chi connectivity index (χ0) is 14.6. The van der Waals surface area contributed by atoms with Crippen molar-refractivity contribution in [3.8, 4) is 0 Å². The molecule has 0 aromatic heterocycles. The Labute approximate surface area is 125 Å². The molecule has 2 fully saturated rings. The number of likely N-dealkylation sites (tertiary alicyclic amines) is 1. The minimum absolute atomic E-state index is 0.314. The molecular formula is C17H35N3. The van der Waals surface area contributed by atoms with Gasteiger partial charge in [0, 0.05) is 31.2 Å². The fourth-order valence-corrected chi connectivity index (χ4v) is 4.88. The van der Waals surface area contributed by atoms with Crippen LogP contribution in [0.5, 0.6) is 0 Å². The number of likely N-dealkylation sites (N-methyl/N-ethyl adjacent to an activating group) is 1. The van der Waals surface area contributed by atoms with Crippen LogP contribution in [-0.2, 0) is 0 Å². The van der Waals surface area contributed by atoms with Gasteiger partial charge in [0.1, 0.15) is 0 Å². The second-order valence-electron chi connectivity index (χ2n) is 6.77. The van der Waals surface area contributed by atoms with Crippen LogP contribution in [0, 0.1) is 5.92 Å². The second kappa shape index (κ2) is 7.24. The summed E-state index contributed by atoms with van der Waals surface area (Å²) in [6.45, 7) is 12.7. The van der Waals surface area contributed by atoms with Crippen LogP contribution < -0.4 is 5.73 Å². The van der Waals surface area contributed by atoms with E-state index in [0.717, 1.165) is 18.5 Å². The van der Waals surface area contributed by atoms with Crippen LogP contribution in [0.25, 0.3) is 0 Å². The monoisotopic (exact) mass is 281 g/mol. The lowest BCUT2D eigenvalue weighted by Gasteiger charge is -2.50. The van der Waals surface area contributed by atoms with E-state index in [0.29, 0.717) is 5.54 Å². The lowest BCUT2D eigenvalue weighted by molar-refractivity contribution is 0.0161. The summed E-state index contributed by atoms with van der Waals surface area (Å²) in [5.41, 5.74) is 6.63. The lowest BCUT2D eigenvalue weighted by atomic mass is 9.70. The predicted molar refractivity (Wildman–Crippen MR) is 86.9 cm³/mol. The molecule has 0 aromatic carbocycles. The molecule has 0 spiro atoms. The normalized spacial score (nSPS) is 35.9. The first kappa shape index (κ1) is 16.3. The molecule has 3 heteroatoms. The van der Waals surface area contributed by atoms with Crippen molar-refractivity contribution in [2.75, 3.05) is 32.7 Å². The van der Waals surface area contributed by atoms with Gasteiger partial charge in [0.2, 0.25) is 0 Å². The third-order valence-electron chi connectivity index (χ3n) is 6.14. The summed E-state index contributed by atoms with van der Waals surface area (Å²) in [4.78, 5) is 5.41. The fourth-order valence-electron chi connectivity index (χ4n) is 4.88. The van der Waals surface area contributed by atoms with E-state index in [4.69, 9.17) is 5.73 Å². The van der Waals surface area contributed by atoms with Gasteiger partial charge >= 0.3 is 0 Å². The average molecular weight is 281 g/mol. The summed E-state index contributed by atoms with van der Waals surface area (Å²) in [5, 5.41) is 0. The highest BCUT2D eigenvalue weighted by Crippen LogP contribution is 2.41. The van der Waals surface area contributed by atoms with Crippen LogP contribution in [-0.4, -0.2) is 54.1 Å². The van der Waals surface area contributed by atoms with Crippen LogP contribution in [0.4, 0.5) is 0 Å². The van der Waals surface area contributed by atoms with Gasteiger partial charge in [0.15, 0.2) is 0 Å². The zero-order valence-electron chi connectivity index (χ0n) is 13.9. The molecule has 1 saturated heterocycles. The summed E-state index contributed by atoms with van der Waals surface area (Å²) >= 11 is 0. The topological polar surface area (TPSA) is 32.5 Å². The van der Waals surface area contributed by atoms with E-state index in [9.17, 15) is 0 Å². The van der Waals surface area contributed by atoms with E-state index in [1.807, 2.05) is 0 Å². The summed E-state index contributed by atoms with van der Waals surface area (Å²) in [6, 6.07) is 0.757. The van der Waals surface area contributed by atoms with Crippen LogP contribution in [0.2, 0.25) is 0 Å². The molecule has 3 nitrogen and oxygen atoms in total. The molecule has 0 radical (unpaired) electrons. The number of rotatable bonds is 6. The average Bonchev–Trinajstić information content (AvgIpc) is 2.98. The Hall–Kier alpha value is -0.120. The summed E-state index contributed by atoms with van der Waals surface area (Å²) in [5.74, 6) is 0.816. The Balaban J connectivity index is 2.08. The molecule has 0 aromatic rings. The van der Waals surface area contributed by atoms with Crippen LogP contribution in [0.15, 0.2) is 0 Å². The number of hydrogen-bond acceptors (Lipinski definition) is 3. The molecule has 0 bridgehead atoms. The molecule has 1 heterocycles. The minimum Gasteiger partial charge on any atom is -0.329 e. The summed E-state index contributed by atoms with van der Waals surface area (Å²) < 4.78 is 0. The van der Waals surface area contributed by atoms with Crippen molar-refractivity contribution in [1.29, 1.82) is 0 Å². The van der Waals surface area contributed by atoms with Gasteiger partial charge in [-0.2, -0.15) is 0 Å². The van der Waals surface area contributed by atoms with Crippen molar-refractivity contribution < 1.29 is 0 Å². The Kier molecular flexibility index (Phi) is 5.88. The zero-order valence-corrected chi connectivity index (χ0v) is 13.9. The molecule has 2 rings (SSSR count). The molecule has 118 valence electrons. The Bertz CT molecular complexity index is 290. The quantitative estimate of drug-likeness (QED) is 0.812. The van der Waals surface area contributed by atoms with E-state index < -0.39 is 0 Å². The van der Waals surface area contributed by atoms with Crippen LogP contribution in [0.1, 0.15) is 59.3 Å². The van der Waals surface area contributed by atoms with Gasteiger partial charge in [0.25, 0.3) is 0 Å². The lowest BCUT2D eigenvalue weighted by Crippen LogP contribution is -2.59. The van der Waals surface area contributed by atoms with E-state index in [2.05, 4.69) is 30.6 Å². The molecule has 20 heavy (non-hydrogen) atoms. The van der Waals surface area contributed by atoms with Gasteiger partial charge < -0.3 is 5.73 Å². The predicted octanol–water partition coefficient (Wildman–Crippen LogP) is 2.70. The number of nitrogens with two attached hydrogens (primary N) is 1. The molecule has 3 atom stereocenters. The number of hydrogen-bond donors (Lipinski definition) is 1. The molecule has 1 aliphatic heterocycles. The first-order chi connectivity index (χ1) is 9.71. The SMILES string of the molecule is CCC1CCCCC1(CN)N1CCC(N(CC)CC)C1. The van der Waals surface area contributed by atoms with Crippen molar-refractivity contribution in [3.63, 3.8) is 0 Å². The van der Waals surface area contributed by atoms with Gasteiger partial charge in [0.05, 0.1) is 0 Å². The summed E-state index contributed by atoms with van der Waals surface area (Å²) in [6.07, 6.45) is 8.13. The molecule has 3 unspecified atom stereocenters. The summed E-state index contributed by atoms with van der Waals surface area (Å²) in [7, 11) is 0. The van der Waals surface area contributed by atoms with E-state index >= 15 is 0 Å². The van der Waals surface area contributed by atoms with Gasteiger partial charge in [-0.3, -0.25) is 9.80 Å². The largest absolute Gasteiger partial charge is 0.329 e. The first-order valence-electron chi connectivity index (χ1n) is 8.91. The maximum Gasteiger partial charge on any atom is 0.0360 e. The fraction of sp³-hybridized carbons (Fsp3) is 1.00. The highest BCUT2D eigenvalue weighted by molar-refractivity contribution is 5.03. The van der Waals surface area contributed by atoms with Crippen molar-refractivity contribution in [2.24, 2.45) is 11.7 Å². The molecule has 1 saturated carbocycles. The van der Waals surface area contributed by atoms with Crippen molar-refractivity contribution in [3.05, 3.63) is 0 Å². The van der Waals surface area contributed by atoms with Crippen molar-refractivity contribution in [1.82, 2.24) is 9.80 Å². The van der Waals surface area contributed by atoms with Gasteiger partial charge in [-0.25, -0.2) is 0 Å². The van der Waals surface area contributed by atoms with Crippen molar-refractivity contribution in [2.45, 2.75) is 70.9 Å². The van der Waals surface area contributed by atoms with Crippen molar-refractivity contribution >= 4 is 0 Å². The van der Waals surface area contributed by atoms with E-state index in [1.165, 1.54) is 64.7 Å². The molecule has 0 amide bonds. The van der Waals surface area contributed by atoms with Gasteiger partial charge in [-0.1, -0.05) is 40.0 Å². The molecule has 2 aliphatic rings. The Morgan fingerprint density at radius 2 is 1.90 bits per heavy atom. The van der Waals surface area contributed by atoms with Gasteiger partial charge in [-0.15, -0.1) is 0 Å². The van der Waals surface area contributed by atoms with E-state index in [1.54, 1.807) is 0 Å². The third-order valence-corrected chi connectivity index (χ3v) is 6.14. The Morgan fingerprint density at radius 3 is 2.50 bits per heavy atom. The van der Waals surface area contributed by atoms with Crippen LogP contribution in [0.3, 0.4) is 0 Å². The maximum atomic E-state index is 6.32. The molecular weight excluding hydrogens is 246 g/mol. The second-order valence-corrected chi connectivity index (χ2v) is 6.77. The third kappa shape index (κ3) is 2.90. The molecule has 2 N–H and O–H groups in total. The van der Waals surface area contributed by atoms with Crippen LogP contribution >= 0.6 is 0 Å². The maximum absolute atomic E-state index is 6.32. The van der Waals surface area contributed by atoms with Gasteiger partial charge in [-0.05, 0) is 38.3 Å². The highest BCUT2D eigenvalue weighted by Gasteiger charge is 2.46. The highest BCUT2D eigenvalue weighted by atomic mass is 15.3. The first-order valence-corrected chi connectivity index (χ1v) is 8.91. The smallest absolute Gasteiger partial charge is 0.0360 e. The minimum atomic E-state index is 0.314.